The van der Waals surface area contributed by atoms with Crippen molar-refractivity contribution in [3.63, 3.8) is 0 Å². The summed E-state index contributed by atoms with van der Waals surface area (Å²) in [7, 11) is 0. The zero-order valence-corrected chi connectivity index (χ0v) is 10.3. The van der Waals surface area contributed by atoms with E-state index in [9.17, 15) is 9.90 Å². The van der Waals surface area contributed by atoms with Gasteiger partial charge >= 0.3 is 0 Å². The lowest BCUT2D eigenvalue weighted by Crippen LogP contribution is -2.27. The van der Waals surface area contributed by atoms with Crippen LogP contribution in [0.5, 0.6) is 0 Å². The third-order valence-electron chi connectivity index (χ3n) is 3.55. The van der Waals surface area contributed by atoms with Crippen LogP contribution in [0.1, 0.15) is 59.3 Å². The average Bonchev–Trinajstić information content (AvgIpc) is 2.15. The Morgan fingerprint density at radius 2 is 2.13 bits per heavy atom. The summed E-state index contributed by atoms with van der Waals surface area (Å²) < 4.78 is 0. The number of ketones is 1. The zero-order chi connectivity index (χ0) is 11.5. The normalized spacial score (nSPS) is 28.1. The van der Waals surface area contributed by atoms with Crippen molar-refractivity contribution in [2.75, 3.05) is 0 Å². The number of hydrogen-bond donors (Lipinski definition) is 1. The molecule has 0 aromatic rings. The van der Waals surface area contributed by atoms with Gasteiger partial charge in [-0.15, -0.1) is 0 Å². The van der Waals surface area contributed by atoms with Crippen LogP contribution in [0.15, 0.2) is 0 Å². The molecule has 0 aromatic heterocycles. The Balaban J connectivity index is 2.41. The minimum atomic E-state index is -0.626. The minimum absolute atomic E-state index is 0.218. The van der Waals surface area contributed by atoms with Crippen molar-refractivity contribution in [1.82, 2.24) is 0 Å². The van der Waals surface area contributed by atoms with Crippen molar-refractivity contribution in [3.8, 4) is 0 Å². The van der Waals surface area contributed by atoms with Gasteiger partial charge < -0.3 is 5.11 Å². The third-order valence-corrected chi connectivity index (χ3v) is 3.55. The number of carbonyl (C=O) groups excluding carboxylic acids is 1. The fourth-order valence-electron chi connectivity index (χ4n) is 2.38. The van der Waals surface area contributed by atoms with Gasteiger partial charge in [0, 0.05) is 12.3 Å². The number of hydrogen-bond acceptors (Lipinski definition) is 2. The van der Waals surface area contributed by atoms with E-state index >= 15 is 0 Å². The quantitative estimate of drug-likeness (QED) is 0.778. The lowest BCUT2D eigenvalue weighted by Gasteiger charge is -2.29. The first kappa shape index (κ1) is 12.7. The second-order valence-electron chi connectivity index (χ2n) is 5.56. The van der Waals surface area contributed by atoms with E-state index in [0.717, 1.165) is 38.0 Å². The van der Waals surface area contributed by atoms with E-state index in [4.69, 9.17) is 0 Å². The van der Waals surface area contributed by atoms with Crippen LogP contribution >= 0.6 is 0 Å². The maximum atomic E-state index is 11.7. The first-order chi connectivity index (χ1) is 6.92. The van der Waals surface area contributed by atoms with Gasteiger partial charge in [-0.2, -0.15) is 0 Å². The molecule has 0 heterocycles. The highest BCUT2D eigenvalue weighted by Crippen LogP contribution is 2.32. The molecule has 0 aliphatic heterocycles. The molecule has 0 amide bonds. The lowest BCUT2D eigenvalue weighted by molar-refractivity contribution is -0.126. The van der Waals surface area contributed by atoms with Crippen LogP contribution < -0.4 is 0 Å². The van der Waals surface area contributed by atoms with Gasteiger partial charge in [0.05, 0.1) is 5.60 Å². The van der Waals surface area contributed by atoms with E-state index in [0.29, 0.717) is 5.78 Å². The molecule has 0 bridgehead atoms. The van der Waals surface area contributed by atoms with Gasteiger partial charge in [-0.3, -0.25) is 4.79 Å². The SMILES string of the molecule is CCC1CCC(=O)C(CCC(C)(C)O)C1. The molecule has 2 atom stereocenters. The van der Waals surface area contributed by atoms with Crippen LogP contribution in [-0.4, -0.2) is 16.5 Å². The molecule has 2 heteroatoms. The second-order valence-corrected chi connectivity index (χ2v) is 5.56. The van der Waals surface area contributed by atoms with Crippen LogP contribution in [0.25, 0.3) is 0 Å². The first-order valence-corrected chi connectivity index (χ1v) is 6.17. The topological polar surface area (TPSA) is 37.3 Å². The Morgan fingerprint density at radius 3 is 2.67 bits per heavy atom. The predicted octanol–water partition coefficient (Wildman–Crippen LogP) is 2.93. The standard InChI is InChI=1S/C13H24O2/c1-4-10-5-6-12(14)11(9-10)7-8-13(2,3)15/h10-11,15H,4-9H2,1-3H3. The van der Waals surface area contributed by atoms with Gasteiger partial charge in [0.1, 0.15) is 5.78 Å². The highest BCUT2D eigenvalue weighted by molar-refractivity contribution is 5.81. The molecule has 1 N–H and O–H groups in total. The molecule has 2 nitrogen and oxygen atoms in total. The third kappa shape index (κ3) is 4.33. The molecular weight excluding hydrogens is 188 g/mol. The number of rotatable bonds is 4. The molecular formula is C13H24O2. The van der Waals surface area contributed by atoms with E-state index in [2.05, 4.69) is 6.92 Å². The Kier molecular flexibility index (Phi) is 4.32. The molecule has 1 saturated carbocycles. The van der Waals surface area contributed by atoms with Gasteiger partial charge in [0.25, 0.3) is 0 Å². The van der Waals surface area contributed by atoms with Crippen molar-refractivity contribution in [2.24, 2.45) is 11.8 Å². The highest BCUT2D eigenvalue weighted by Gasteiger charge is 2.28. The molecule has 1 rings (SSSR count). The van der Waals surface area contributed by atoms with E-state index in [1.165, 1.54) is 6.42 Å². The van der Waals surface area contributed by atoms with Gasteiger partial charge in [0.2, 0.25) is 0 Å². The summed E-state index contributed by atoms with van der Waals surface area (Å²) in [6.45, 7) is 5.84. The second kappa shape index (κ2) is 5.11. The molecule has 2 unspecified atom stereocenters. The van der Waals surface area contributed by atoms with Crippen LogP contribution in [0, 0.1) is 11.8 Å². The smallest absolute Gasteiger partial charge is 0.135 e. The first-order valence-electron chi connectivity index (χ1n) is 6.17. The molecule has 88 valence electrons. The van der Waals surface area contributed by atoms with Crippen LogP contribution in [0.4, 0.5) is 0 Å². The summed E-state index contributed by atoms with van der Waals surface area (Å²) in [6, 6.07) is 0. The highest BCUT2D eigenvalue weighted by atomic mass is 16.3. The van der Waals surface area contributed by atoms with Crippen molar-refractivity contribution >= 4 is 5.78 Å². The molecule has 0 aromatic carbocycles. The van der Waals surface area contributed by atoms with Crippen molar-refractivity contribution in [1.29, 1.82) is 0 Å². The maximum Gasteiger partial charge on any atom is 0.135 e. The van der Waals surface area contributed by atoms with Crippen LogP contribution in [-0.2, 0) is 4.79 Å². The minimum Gasteiger partial charge on any atom is -0.390 e. The van der Waals surface area contributed by atoms with Crippen molar-refractivity contribution in [2.45, 2.75) is 64.9 Å². The number of carbonyl (C=O) groups is 1. The van der Waals surface area contributed by atoms with Crippen molar-refractivity contribution < 1.29 is 9.90 Å². The van der Waals surface area contributed by atoms with E-state index in [-0.39, 0.29) is 5.92 Å². The summed E-state index contributed by atoms with van der Waals surface area (Å²) >= 11 is 0. The van der Waals surface area contributed by atoms with Crippen LogP contribution in [0.2, 0.25) is 0 Å². The Morgan fingerprint density at radius 1 is 1.47 bits per heavy atom. The monoisotopic (exact) mass is 212 g/mol. The summed E-state index contributed by atoms with van der Waals surface area (Å²) in [5.41, 5.74) is -0.626. The maximum absolute atomic E-state index is 11.7. The summed E-state index contributed by atoms with van der Waals surface area (Å²) in [5.74, 6) is 1.37. The summed E-state index contributed by atoms with van der Waals surface area (Å²) in [5, 5.41) is 9.65. The Labute approximate surface area is 93.1 Å². The van der Waals surface area contributed by atoms with Gasteiger partial charge in [-0.1, -0.05) is 13.3 Å². The molecule has 1 fully saturated rings. The largest absolute Gasteiger partial charge is 0.390 e. The predicted molar refractivity (Wildman–Crippen MR) is 61.7 cm³/mol. The molecule has 1 aliphatic carbocycles. The Hall–Kier alpha value is -0.370. The van der Waals surface area contributed by atoms with E-state index < -0.39 is 5.60 Å². The lowest BCUT2D eigenvalue weighted by atomic mass is 9.76. The van der Waals surface area contributed by atoms with E-state index in [1.54, 1.807) is 0 Å². The molecule has 15 heavy (non-hydrogen) atoms. The molecule has 0 radical (unpaired) electrons. The fraction of sp³-hybridized carbons (Fsp3) is 0.923. The summed E-state index contributed by atoms with van der Waals surface area (Å²) in [6.07, 6.45) is 5.67. The number of aliphatic hydroxyl groups is 1. The zero-order valence-electron chi connectivity index (χ0n) is 10.3. The van der Waals surface area contributed by atoms with Crippen LogP contribution in [0.3, 0.4) is 0 Å². The molecule has 1 aliphatic rings. The average molecular weight is 212 g/mol. The van der Waals surface area contributed by atoms with Gasteiger partial charge in [-0.25, -0.2) is 0 Å². The molecule has 0 saturated heterocycles. The van der Waals surface area contributed by atoms with Crippen molar-refractivity contribution in [3.05, 3.63) is 0 Å². The fourth-order valence-corrected chi connectivity index (χ4v) is 2.38. The molecule has 0 spiro atoms. The van der Waals surface area contributed by atoms with Gasteiger partial charge in [-0.05, 0) is 45.4 Å². The van der Waals surface area contributed by atoms with E-state index in [1.807, 2.05) is 13.8 Å². The van der Waals surface area contributed by atoms with Gasteiger partial charge in [0.15, 0.2) is 0 Å². The summed E-state index contributed by atoms with van der Waals surface area (Å²) in [4.78, 5) is 11.7. The Bertz CT molecular complexity index is 215. The number of Topliss-reactive ketones (excluding diaryl/α,β-unsaturated/α-hetero) is 1.